The summed E-state index contributed by atoms with van der Waals surface area (Å²) >= 11 is 0. The molecule has 2 atom stereocenters. The van der Waals surface area contributed by atoms with Crippen molar-refractivity contribution in [3.63, 3.8) is 0 Å². The second kappa shape index (κ2) is 12.7. The first-order valence-corrected chi connectivity index (χ1v) is 18.7. The van der Waals surface area contributed by atoms with Crippen molar-refractivity contribution in [3.8, 4) is 0 Å². The second-order valence-corrected chi connectivity index (χ2v) is 16.5. The number of benzene rings is 1. The molecule has 0 radical (unpaired) electrons. The highest BCUT2D eigenvalue weighted by molar-refractivity contribution is 7.90. The lowest BCUT2D eigenvalue weighted by Gasteiger charge is -2.57. The topological polar surface area (TPSA) is 132 Å². The smallest absolute Gasteiger partial charge is 0.246 e. The maximum absolute atomic E-state index is 13.1. The first-order valence-electron chi connectivity index (χ1n) is 16.6. The van der Waals surface area contributed by atoms with Gasteiger partial charge in [0.05, 0.1) is 17.4 Å². The molecular formula is C35H47N7O4S. The molecule has 11 nitrogen and oxygen atoms in total. The van der Waals surface area contributed by atoms with E-state index in [-0.39, 0.29) is 29.2 Å². The molecule has 3 saturated heterocycles. The van der Waals surface area contributed by atoms with Gasteiger partial charge >= 0.3 is 0 Å². The van der Waals surface area contributed by atoms with Crippen LogP contribution in [-0.4, -0.2) is 88.6 Å². The van der Waals surface area contributed by atoms with Crippen LogP contribution in [0.4, 0.5) is 23.3 Å². The summed E-state index contributed by atoms with van der Waals surface area (Å²) in [6.07, 6.45) is 11.5. The number of nitrogens with zero attached hydrogens (tertiary/aromatic N) is 6. The molecule has 0 saturated carbocycles. The van der Waals surface area contributed by atoms with Crippen molar-refractivity contribution in [1.29, 1.82) is 0 Å². The van der Waals surface area contributed by atoms with Gasteiger partial charge in [0.15, 0.2) is 0 Å². The Morgan fingerprint density at radius 2 is 1.83 bits per heavy atom. The molecule has 3 aliphatic rings. The number of sulfone groups is 1. The van der Waals surface area contributed by atoms with E-state index in [1.165, 1.54) is 12.3 Å². The Morgan fingerprint density at radius 3 is 2.53 bits per heavy atom. The number of rotatable bonds is 8. The first kappa shape index (κ1) is 33.1. The number of pyridine rings is 1. The monoisotopic (exact) mass is 661 g/mol. The van der Waals surface area contributed by atoms with Crippen molar-refractivity contribution >= 4 is 49.8 Å². The van der Waals surface area contributed by atoms with Crippen LogP contribution >= 0.6 is 0 Å². The molecule has 0 spiro atoms. The molecule has 0 bridgehead atoms. The molecule has 3 fully saturated rings. The number of aliphatic hydroxyl groups is 1. The summed E-state index contributed by atoms with van der Waals surface area (Å²) in [4.78, 5) is 33.5. The van der Waals surface area contributed by atoms with Crippen LogP contribution in [0, 0.1) is 5.92 Å². The van der Waals surface area contributed by atoms with Crippen LogP contribution in [0.3, 0.4) is 0 Å². The summed E-state index contributed by atoms with van der Waals surface area (Å²) in [5.41, 5.74) is 1.03. The molecule has 3 aliphatic heterocycles. The third-order valence-electron chi connectivity index (χ3n) is 10.4. The van der Waals surface area contributed by atoms with Gasteiger partial charge in [-0.1, -0.05) is 25.5 Å². The highest BCUT2D eigenvalue weighted by Gasteiger charge is 2.48. The molecule has 1 aromatic carbocycles. The number of amides is 1. The molecule has 0 aliphatic carbocycles. The van der Waals surface area contributed by atoms with E-state index in [9.17, 15) is 18.3 Å². The van der Waals surface area contributed by atoms with E-state index in [0.29, 0.717) is 56.6 Å². The fourth-order valence-electron chi connectivity index (χ4n) is 7.36. The molecule has 252 valence electrons. The second-order valence-electron chi connectivity index (χ2n) is 14.3. The number of anilines is 4. The number of nitrogens with one attached hydrogen (secondary N) is 1. The molecule has 5 heterocycles. The van der Waals surface area contributed by atoms with E-state index in [1.807, 2.05) is 30.2 Å². The number of carbonyl (C=O) groups excluding carboxylic acids is 1. The minimum Gasteiger partial charge on any atom is -0.390 e. The zero-order valence-corrected chi connectivity index (χ0v) is 28.8. The lowest BCUT2D eigenvalue weighted by molar-refractivity contribution is -0.128. The van der Waals surface area contributed by atoms with Crippen LogP contribution in [0.2, 0.25) is 0 Å². The predicted molar refractivity (Wildman–Crippen MR) is 187 cm³/mol. The first-order chi connectivity index (χ1) is 22.3. The highest BCUT2D eigenvalue weighted by atomic mass is 32.2. The Bertz CT molecular complexity index is 1770. The largest absolute Gasteiger partial charge is 0.390 e. The van der Waals surface area contributed by atoms with Crippen LogP contribution in [0.25, 0.3) is 10.8 Å². The molecule has 12 heteroatoms. The van der Waals surface area contributed by atoms with Crippen molar-refractivity contribution in [1.82, 2.24) is 19.9 Å². The van der Waals surface area contributed by atoms with Gasteiger partial charge in [-0.3, -0.25) is 4.79 Å². The summed E-state index contributed by atoms with van der Waals surface area (Å²) in [6, 6.07) is 7.98. The SMILES string of the molecule is C=CC(=O)N1CCCCC[C@@H]1c1ccc(N2C[C@H](CS(C)(=O)=O)C2(C)C)c2cnc(Nc3ccnc(N4CCC(C)(O)CC4)n3)cc12. The quantitative estimate of drug-likeness (QED) is 0.318. The molecule has 3 aromatic rings. The van der Waals surface area contributed by atoms with E-state index in [1.54, 1.807) is 6.20 Å². The number of hydrogen-bond acceptors (Lipinski definition) is 10. The summed E-state index contributed by atoms with van der Waals surface area (Å²) in [5.74, 6) is 1.94. The van der Waals surface area contributed by atoms with Crippen LogP contribution in [0.5, 0.6) is 0 Å². The highest BCUT2D eigenvalue weighted by Crippen LogP contribution is 2.46. The van der Waals surface area contributed by atoms with Gasteiger partial charge in [0, 0.05) is 67.4 Å². The Kier molecular flexibility index (Phi) is 8.94. The predicted octanol–water partition coefficient (Wildman–Crippen LogP) is 5.01. The number of piperidine rings is 1. The maximum atomic E-state index is 13.1. The van der Waals surface area contributed by atoms with E-state index >= 15 is 0 Å². The van der Waals surface area contributed by atoms with Crippen molar-refractivity contribution in [2.75, 3.05) is 53.3 Å². The molecular weight excluding hydrogens is 614 g/mol. The van der Waals surface area contributed by atoms with Gasteiger partial charge in [0.1, 0.15) is 21.5 Å². The normalized spacial score (nSPS) is 22.8. The van der Waals surface area contributed by atoms with Gasteiger partial charge in [0.2, 0.25) is 11.9 Å². The lowest BCUT2D eigenvalue weighted by atomic mass is 9.77. The molecule has 6 rings (SSSR count). The van der Waals surface area contributed by atoms with E-state index in [2.05, 4.69) is 52.7 Å². The third-order valence-corrected chi connectivity index (χ3v) is 11.4. The van der Waals surface area contributed by atoms with E-state index < -0.39 is 15.4 Å². The number of likely N-dealkylation sites (tertiary alicyclic amines) is 1. The molecule has 47 heavy (non-hydrogen) atoms. The standard InChI is InChI=1S/C35H47N7O4S/c1-6-32(43)41-17-9-7-8-10-28(41)25-11-12-29(42-22-24(34(42,2)3)23-47(5,45)46)27-21-37-31(20-26(25)27)38-30-13-16-36-33(39-30)40-18-14-35(4,44)15-19-40/h6,11-13,16,20-21,24,28,44H,1,7-10,14-15,17-19,22-23H2,2-5H3,(H,36,37,38,39)/t24-,28-/m1/s1. The summed E-state index contributed by atoms with van der Waals surface area (Å²) < 4.78 is 24.3. The maximum Gasteiger partial charge on any atom is 0.246 e. The van der Waals surface area contributed by atoms with Gasteiger partial charge in [-0.05, 0) is 81.7 Å². The Labute approximate surface area is 278 Å². The van der Waals surface area contributed by atoms with Crippen molar-refractivity contribution in [2.24, 2.45) is 5.92 Å². The van der Waals surface area contributed by atoms with Crippen LogP contribution in [-0.2, 0) is 14.6 Å². The summed E-state index contributed by atoms with van der Waals surface area (Å²) in [7, 11) is -3.11. The molecule has 2 N–H and O–H groups in total. The zero-order chi connectivity index (χ0) is 33.6. The van der Waals surface area contributed by atoms with Crippen molar-refractivity contribution in [2.45, 2.75) is 76.5 Å². The fraction of sp³-hybridized carbons (Fsp3) is 0.543. The van der Waals surface area contributed by atoms with Crippen molar-refractivity contribution in [3.05, 3.63) is 54.9 Å². The number of fused-ring (bicyclic) bond motifs is 1. The van der Waals surface area contributed by atoms with E-state index in [0.717, 1.165) is 47.7 Å². The fourth-order valence-corrected chi connectivity index (χ4v) is 8.61. The van der Waals surface area contributed by atoms with Gasteiger partial charge in [0.25, 0.3) is 0 Å². The summed E-state index contributed by atoms with van der Waals surface area (Å²) in [6.45, 7) is 12.5. The minimum absolute atomic E-state index is 0.0154. The zero-order valence-electron chi connectivity index (χ0n) is 27.9. The third kappa shape index (κ3) is 6.94. The average molecular weight is 662 g/mol. The average Bonchev–Trinajstić information content (AvgIpc) is 3.28. The van der Waals surface area contributed by atoms with Gasteiger partial charge in [-0.15, -0.1) is 0 Å². The van der Waals surface area contributed by atoms with Crippen LogP contribution in [0.15, 0.2) is 49.3 Å². The van der Waals surface area contributed by atoms with Crippen LogP contribution < -0.4 is 15.1 Å². The molecule has 1 amide bonds. The molecule has 0 unspecified atom stereocenters. The summed E-state index contributed by atoms with van der Waals surface area (Å²) in [5, 5.41) is 15.7. The Hall–Kier alpha value is -3.77. The van der Waals surface area contributed by atoms with Gasteiger partial charge < -0.3 is 25.1 Å². The Balaban J connectivity index is 1.38. The van der Waals surface area contributed by atoms with E-state index in [4.69, 9.17) is 9.97 Å². The number of carbonyl (C=O) groups is 1. The Morgan fingerprint density at radius 1 is 1.06 bits per heavy atom. The number of aromatic nitrogens is 3. The van der Waals surface area contributed by atoms with Gasteiger partial charge in [-0.2, -0.15) is 4.98 Å². The van der Waals surface area contributed by atoms with Crippen molar-refractivity contribution < 1.29 is 18.3 Å². The molecule has 2 aromatic heterocycles. The number of hydrogen-bond donors (Lipinski definition) is 2. The van der Waals surface area contributed by atoms with Crippen LogP contribution in [0.1, 0.15) is 70.9 Å². The minimum atomic E-state index is -3.11. The lowest BCUT2D eigenvalue weighted by Crippen LogP contribution is -2.66. The van der Waals surface area contributed by atoms with Gasteiger partial charge in [-0.25, -0.2) is 18.4 Å².